The summed E-state index contributed by atoms with van der Waals surface area (Å²) >= 11 is 0. The van der Waals surface area contributed by atoms with E-state index in [2.05, 4.69) is 60.7 Å². The molecule has 1 saturated carbocycles. The van der Waals surface area contributed by atoms with E-state index in [0.717, 1.165) is 0 Å². The van der Waals surface area contributed by atoms with E-state index < -0.39 is 0 Å². The maximum atomic E-state index is 5.83. The maximum absolute atomic E-state index is 5.83. The third-order valence-corrected chi connectivity index (χ3v) is 4.80. The molecule has 1 heteroatoms. The Bertz CT molecular complexity index is 495. The monoisotopic (exact) mass is 280 g/mol. The lowest BCUT2D eigenvalue weighted by molar-refractivity contribution is 0.0173. The molecule has 1 aliphatic rings. The second-order valence-electron chi connectivity index (χ2n) is 6.02. The van der Waals surface area contributed by atoms with Crippen LogP contribution in [-0.4, -0.2) is 13.2 Å². The average Bonchev–Trinajstić information content (AvgIpc) is 2.58. The quantitative estimate of drug-likeness (QED) is 0.763. The third kappa shape index (κ3) is 3.19. The first-order chi connectivity index (χ1) is 10.4. The Morgan fingerprint density at radius 3 is 1.86 bits per heavy atom. The van der Waals surface area contributed by atoms with Crippen molar-refractivity contribution in [3.8, 4) is 0 Å². The van der Waals surface area contributed by atoms with Crippen LogP contribution < -0.4 is 0 Å². The SMILES string of the molecule is CO[C@H]1CCCC[C@@H]1C(c1ccccc1)c1ccccc1. The summed E-state index contributed by atoms with van der Waals surface area (Å²) in [6.07, 6.45) is 5.44. The molecule has 0 bridgehead atoms. The number of rotatable bonds is 4. The second-order valence-corrected chi connectivity index (χ2v) is 6.02. The van der Waals surface area contributed by atoms with Crippen molar-refractivity contribution < 1.29 is 4.74 Å². The van der Waals surface area contributed by atoms with Crippen LogP contribution in [0, 0.1) is 5.92 Å². The minimum absolute atomic E-state index is 0.379. The average molecular weight is 280 g/mol. The molecule has 2 atom stereocenters. The molecule has 110 valence electrons. The Labute approximate surface area is 128 Å². The van der Waals surface area contributed by atoms with E-state index in [1.165, 1.54) is 36.8 Å². The maximum Gasteiger partial charge on any atom is 0.0608 e. The van der Waals surface area contributed by atoms with E-state index in [-0.39, 0.29) is 0 Å². The van der Waals surface area contributed by atoms with Crippen molar-refractivity contribution in [3.05, 3.63) is 71.8 Å². The van der Waals surface area contributed by atoms with Crippen molar-refractivity contribution in [3.63, 3.8) is 0 Å². The van der Waals surface area contributed by atoms with Crippen molar-refractivity contribution in [2.45, 2.75) is 37.7 Å². The predicted molar refractivity (Wildman–Crippen MR) is 87.5 cm³/mol. The lowest BCUT2D eigenvalue weighted by Gasteiger charge is -2.37. The molecule has 0 N–H and O–H groups in total. The van der Waals surface area contributed by atoms with Crippen molar-refractivity contribution in [1.29, 1.82) is 0 Å². The second kappa shape index (κ2) is 6.91. The molecule has 21 heavy (non-hydrogen) atoms. The molecule has 1 nitrogen and oxygen atoms in total. The summed E-state index contributed by atoms with van der Waals surface area (Å²) in [5.41, 5.74) is 2.83. The first-order valence-corrected chi connectivity index (χ1v) is 8.03. The molecule has 0 aliphatic heterocycles. The molecule has 2 aromatic carbocycles. The Morgan fingerprint density at radius 1 is 0.810 bits per heavy atom. The number of hydrogen-bond acceptors (Lipinski definition) is 1. The van der Waals surface area contributed by atoms with Crippen molar-refractivity contribution in [2.75, 3.05) is 7.11 Å². The molecule has 2 aromatic rings. The Morgan fingerprint density at radius 2 is 1.33 bits per heavy atom. The van der Waals surface area contributed by atoms with Gasteiger partial charge in [0.1, 0.15) is 0 Å². The van der Waals surface area contributed by atoms with Gasteiger partial charge in [-0.3, -0.25) is 0 Å². The first-order valence-electron chi connectivity index (χ1n) is 8.03. The van der Waals surface area contributed by atoms with E-state index in [0.29, 0.717) is 17.9 Å². The van der Waals surface area contributed by atoms with Crippen LogP contribution in [0.3, 0.4) is 0 Å². The summed E-state index contributed by atoms with van der Waals surface area (Å²) in [5.74, 6) is 1.02. The predicted octanol–water partition coefficient (Wildman–Crippen LogP) is 5.02. The molecule has 1 fully saturated rings. The summed E-state index contributed by atoms with van der Waals surface area (Å²) in [6.45, 7) is 0. The van der Waals surface area contributed by atoms with Crippen LogP contribution >= 0.6 is 0 Å². The molecule has 0 spiro atoms. The normalized spacial score (nSPS) is 22.4. The standard InChI is InChI=1S/C20H24O/c1-21-19-15-9-8-14-18(19)20(16-10-4-2-5-11-16)17-12-6-3-7-13-17/h2-7,10-13,18-20H,8-9,14-15H2,1H3/t18-,19-/m0/s1. The van der Waals surface area contributed by atoms with Crippen LogP contribution in [0.4, 0.5) is 0 Å². The Kier molecular flexibility index (Phi) is 4.72. The van der Waals surface area contributed by atoms with Crippen LogP contribution in [0.2, 0.25) is 0 Å². The van der Waals surface area contributed by atoms with Gasteiger partial charge < -0.3 is 4.74 Å². The van der Waals surface area contributed by atoms with Crippen LogP contribution in [-0.2, 0) is 4.74 Å². The van der Waals surface area contributed by atoms with Gasteiger partial charge in [-0.2, -0.15) is 0 Å². The molecule has 0 amide bonds. The molecule has 3 rings (SSSR count). The molecule has 1 aliphatic carbocycles. The molecule has 0 aromatic heterocycles. The lowest BCUT2D eigenvalue weighted by Crippen LogP contribution is -2.32. The van der Waals surface area contributed by atoms with Gasteiger partial charge in [-0.1, -0.05) is 73.5 Å². The van der Waals surface area contributed by atoms with Crippen LogP contribution in [0.1, 0.15) is 42.7 Å². The summed E-state index contributed by atoms with van der Waals surface area (Å²) in [4.78, 5) is 0. The van der Waals surface area contributed by atoms with Gasteiger partial charge in [0, 0.05) is 13.0 Å². The lowest BCUT2D eigenvalue weighted by atomic mass is 9.72. The fourth-order valence-electron chi connectivity index (χ4n) is 3.81. The molecular weight excluding hydrogens is 256 g/mol. The van der Waals surface area contributed by atoms with Crippen LogP contribution in [0.5, 0.6) is 0 Å². The highest BCUT2D eigenvalue weighted by molar-refractivity contribution is 5.33. The van der Waals surface area contributed by atoms with Crippen LogP contribution in [0.15, 0.2) is 60.7 Å². The molecule has 0 heterocycles. The van der Waals surface area contributed by atoms with Gasteiger partial charge in [0.25, 0.3) is 0 Å². The number of methoxy groups -OCH3 is 1. The minimum Gasteiger partial charge on any atom is -0.381 e. The third-order valence-electron chi connectivity index (χ3n) is 4.80. The number of benzene rings is 2. The van der Waals surface area contributed by atoms with E-state index in [9.17, 15) is 0 Å². The molecular formula is C20H24O. The van der Waals surface area contributed by atoms with Gasteiger partial charge >= 0.3 is 0 Å². The fraction of sp³-hybridized carbons (Fsp3) is 0.400. The largest absolute Gasteiger partial charge is 0.381 e. The number of ether oxygens (including phenoxy) is 1. The summed E-state index contributed by atoms with van der Waals surface area (Å²) in [5, 5.41) is 0. The highest BCUT2D eigenvalue weighted by Gasteiger charge is 2.33. The van der Waals surface area contributed by atoms with E-state index >= 15 is 0 Å². The first kappa shape index (κ1) is 14.3. The van der Waals surface area contributed by atoms with Crippen LogP contribution in [0.25, 0.3) is 0 Å². The van der Waals surface area contributed by atoms with Crippen molar-refractivity contribution in [2.24, 2.45) is 5.92 Å². The highest BCUT2D eigenvalue weighted by atomic mass is 16.5. The Hall–Kier alpha value is -1.60. The molecule has 0 unspecified atom stereocenters. The van der Waals surface area contributed by atoms with Gasteiger partial charge in [-0.05, 0) is 29.9 Å². The van der Waals surface area contributed by atoms with Gasteiger partial charge in [0.05, 0.1) is 6.10 Å². The molecule has 0 saturated heterocycles. The summed E-state index contributed by atoms with van der Waals surface area (Å²) in [6, 6.07) is 21.8. The van der Waals surface area contributed by atoms with Gasteiger partial charge in [0.2, 0.25) is 0 Å². The van der Waals surface area contributed by atoms with E-state index in [1.807, 2.05) is 7.11 Å². The smallest absolute Gasteiger partial charge is 0.0608 e. The van der Waals surface area contributed by atoms with Crippen molar-refractivity contribution in [1.82, 2.24) is 0 Å². The summed E-state index contributed by atoms with van der Waals surface area (Å²) < 4.78 is 5.83. The van der Waals surface area contributed by atoms with Gasteiger partial charge in [-0.25, -0.2) is 0 Å². The topological polar surface area (TPSA) is 9.23 Å². The minimum atomic E-state index is 0.379. The molecule has 0 radical (unpaired) electrons. The van der Waals surface area contributed by atoms with Crippen molar-refractivity contribution >= 4 is 0 Å². The fourth-order valence-corrected chi connectivity index (χ4v) is 3.81. The van der Waals surface area contributed by atoms with E-state index in [4.69, 9.17) is 4.74 Å². The Balaban J connectivity index is 2.00. The zero-order valence-corrected chi connectivity index (χ0v) is 12.7. The summed E-state index contributed by atoms with van der Waals surface area (Å²) in [7, 11) is 1.87. The number of hydrogen-bond donors (Lipinski definition) is 0. The van der Waals surface area contributed by atoms with Gasteiger partial charge in [-0.15, -0.1) is 0 Å². The van der Waals surface area contributed by atoms with E-state index in [1.54, 1.807) is 0 Å². The zero-order valence-electron chi connectivity index (χ0n) is 12.7. The zero-order chi connectivity index (χ0) is 14.5. The van der Waals surface area contributed by atoms with Gasteiger partial charge in [0.15, 0.2) is 0 Å². The highest BCUT2D eigenvalue weighted by Crippen LogP contribution is 2.41.